The van der Waals surface area contributed by atoms with Crippen LogP contribution in [0, 0.1) is 0 Å². The van der Waals surface area contributed by atoms with Gasteiger partial charge in [-0.3, -0.25) is 4.79 Å². The van der Waals surface area contributed by atoms with Gasteiger partial charge in [0.2, 0.25) is 0 Å². The van der Waals surface area contributed by atoms with Crippen LogP contribution in [-0.2, 0) is 9.53 Å². The molecule has 0 radical (unpaired) electrons. The van der Waals surface area contributed by atoms with Gasteiger partial charge in [0, 0.05) is 20.0 Å². The van der Waals surface area contributed by atoms with E-state index in [2.05, 4.69) is 0 Å². The molecular formula is C10H16O2. The highest BCUT2D eigenvalue weighted by Crippen LogP contribution is 2.24. The molecule has 68 valence electrons. The Morgan fingerprint density at radius 1 is 1.50 bits per heavy atom. The lowest BCUT2D eigenvalue weighted by molar-refractivity contribution is -0.118. The van der Waals surface area contributed by atoms with Gasteiger partial charge in [-0.2, -0.15) is 0 Å². The van der Waals surface area contributed by atoms with Crippen molar-refractivity contribution in [1.82, 2.24) is 0 Å². The number of allylic oxidation sites excluding steroid dienone is 1. The Bertz CT molecular complexity index is 212. The molecule has 0 aromatic carbocycles. The minimum absolute atomic E-state index is 0.257. The number of rotatable bonds is 1. The maximum Gasteiger partial charge on any atom is 0.158 e. The molecule has 12 heavy (non-hydrogen) atoms. The third kappa shape index (κ3) is 1.95. The molecule has 1 saturated carbocycles. The Kier molecular flexibility index (Phi) is 3.04. The number of carbonyl (C=O) groups is 1. The molecule has 0 aromatic rings. The highest BCUT2D eigenvalue weighted by atomic mass is 16.5. The van der Waals surface area contributed by atoms with E-state index in [9.17, 15) is 4.79 Å². The second-order valence-electron chi connectivity index (χ2n) is 3.50. The van der Waals surface area contributed by atoms with Crippen LogP contribution in [-0.4, -0.2) is 19.0 Å². The van der Waals surface area contributed by atoms with Crippen molar-refractivity contribution in [1.29, 1.82) is 0 Å². The van der Waals surface area contributed by atoms with Gasteiger partial charge in [-0.05, 0) is 25.8 Å². The van der Waals surface area contributed by atoms with Crippen LogP contribution in [0.3, 0.4) is 0 Å². The number of hydrogen-bond donors (Lipinski definition) is 0. The van der Waals surface area contributed by atoms with Gasteiger partial charge in [-0.25, -0.2) is 0 Å². The van der Waals surface area contributed by atoms with E-state index in [1.54, 1.807) is 7.11 Å². The summed E-state index contributed by atoms with van der Waals surface area (Å²) in [6.45, 7) is 3.98. The molecule has 1 fully saturated rings. The van der Waals surface area contributed by atoms with Crippen molar-refractivity contribution in [2.75, 3.05) is 7.11 Å². The zero-order valence-electron chi connectivity index (χ0n) is 8.02. The largest absolute Gasteiger partial charge is 0.381 e. The summed E-state index contributed by atoms with van der Waals surface area (Å²) in [5.74, 6) is 0.309. The molecular weight excluding hydrogens is 152 g/mol. The highest BCUT2D eigenvalue weighted by molar-refractivity contribution is 5.96. The van der Waals surface area contributed by atoms with E-state index in [0.717, 1.165) is 24.0 Å². The first-order chi connectivity index (χ1) is 5.65. The zero-order valence-corrected chi connectivity index (χ0v) is 8.02. The van der Waals surface area contributed by atoms with Gasteiger partial charge in [-0.15, -0.1) is 0 Å². The number of methoxy groups -OCH3 is 1. The van der Waals surface area contributed by atoms with Crippen molar-refractivity contribution >= 4 is 5.78 Å². The molecule has 0 amide bonds. The molecule has 2 nitrogen and oxygen atoms in total. The van der Waals surface area contributed by atoms with Gasteiger partial charge in [-0.1, -0.05) is 5.57 Å². The van der Waals surface area contributed by atoms with Crippen LogP contribution in [0.15, 0.2) is 11.1 Å². The predicted molar refractivity (Wildman–Crippen MR) is 48.0 cm³/mol. The van der Waals surface area contributed by atoms with Crippen LogP contribution in [0.5, 0.6) is 0 Å². The van der Waals surface area contributed by atoms with Gasteiger partial charge >= 0.3 is 0 Å². The standard InChI is InChI=1S/C10H16O2/c1-7(2)9-6-8(12-3)4-5-10(9)11/h8H,4-6H2,1-3H3. The third-order valence-electron chi connectivity index (χ3n) is 2.40. The summed E-state index contributed by atoms with van der Waals surface area (Å²) in [5.41, 5.74) is 2.12. The fraction of sp³-hybridized carbons (Fsp3) is 0.700. The fourth-order valence-corrected chi connectivity index (χ4v) is 1.57. The zero-order chi connectivity index (χ0) is 9.14. The summed E-state index contributed by atoms with van der Waals surface area (Å²) in [4.78, 5) is 11.4. The number of carbonyl (C=O) groups excluding carboxylic acids is 1. The maximum atomic E-state index is 11.4. The third-order valence-corrected chi connectivity index (χ3v) is 2.40. The molecule has 0 saturated heterocycles. The lowest BCUT2D eigenvalue weighted by Gasteiger charge is -2.22. The van der Waals surface area contributed by atoms with Crippen LogP contribution < -0.4 is 0 Å². The molecule has 0 aromatic heterocycles. The van der Waals surface area contributed by atoms with E-state index in [-0.39, 0.29) is 6.10 Å². The summed E-state index contributed by atoms with van der Waals surface area (Å²) in [6.07, 6.45) is 2.59. The first kappa shape index (κ1) is 9.46. The smallest absolute Gasteiger partial charge is 0.158 e. The van der Waals surface area contributed by atoms with Crippen molar-refractivity contribution in [3.8, 4) is 0 Å². The second-order valence-corrected chi connectivity index (χ2v) is 3.50. The quantitative estimate of drug-likeness (QED) is 0.560. The topological polar surface area (TPSA) is 26.3 Å². The molecule has 0 spiro atoms. The van der Waals surface area contributed by atoms with Gasteiger partial charge in [0.05, 0.1) is 6.10 Å². The fourth-order valence-electron chi connectivity index (χ4n) is 1.57. The van der Waals surface area contributed by atoms with Crippen molar-refractivity contribution in [2.45, 2.75) is 39.2 Å². The molecule has 2 heteroatoms. The molecule has 1 atom stereocenters. The average Bonchev–Trinajstić information content (AvgIpc) is 2.05. The van der Waals surface area contributed by atoms with E-state index < -0.39 is 0 Å². The van der Waals surface area contributed by atoms with Crippen molar-refractivity contribution < 1.29 is 9.53 Å². The molecule has 1 aliphatic carbocycles. The van der Waals surface area contributed by atoms with Crippen LogP contribution >= 0.6 is 0 Å². The number of ether oxygens (including phenoxy) is 1. The summed E-state index contributed by atoms with van der Waals surface area (Å²) in [6, 6.07) is 0. The molecule has 1 aliphatic rings. The first-order valence-corrected chi connectivity index (χ1v) is 4.37. The van der Waals surface area contributed by atoms with Crippen LogP contribution in [0.2, 0.25) is 0 Å². The predicted octanol–water partition coefficient (Wildman–Crippen LogP) is 2.09. The van der Waals surface area contributed by atoms with E-state index >= 15 is 0 Å². The van der Waals surface area contributed by atoms with Crippen LogP contribution in [0.25, 0.3) is 0 Å². The van der Waals surface area contributed by atoms with Crippen molar-refractivity contribution in [2.24, 2.45) is 0 Å². The summed E-state index contributed by atoms with van der Waals surface area (Å²) >= 11 is 0. The Morgan fingerprint density at radius 2 is 2.17 bits per heavy atom. The maximum absolute atomic E-state index is 11.4. The minimum atomic E-state index is 0.257. The van der Waals surface area contributed by atoms with E-state index in [1.807, 2.05) is 13.8 Å². The Morgan fingerprint density at radius 3 is 2.67 bits per heavy atom. The van der Waals surface area contributed by atoms with Crippen molar-refractivity contribution in [3.05, 3.63) is 11.1 Å². The van der Waals surface area contributed by atoms with Gasteiger partial charge in [0.15, 0.2) is 5.78 Å². The molecule has 0 bridgehead atoms. The lowest BCUT2D eigenvalue weighted by atomic mass is 9.89. The van der Waals surface area contributed by atoms with Gasteiger partial charge in [0.1, 0.15) is 0 Å². The van der Waals surface area contributed by atoms with Gasteiger partial charge < -0.3 is 4.74 Å². The summed E-state index contributed by atoms with van der Waals surface area (Å²) in [5, 5.41) is 0. The first-order valence-electron chi connectivity index (χ1n) is 4.37. The Labute approximate surface area is 73.6 Å². The van der Waals surface area contributed by atoms with Crippen LogP contribution in [0.4, 0.5) is 0 Å². The second kappa shape index (κ2) is 3.85. The van der Waals surface area contributed by atoms with E-state index in [4.69, 9.17) is 4.74 Å². The molecule has 0 N–H and O–H groups in total. The average molecular weight is 168 g/mol. The molecule has 1 rings (SSSR count). The summed E-state index contributed by atoms with van der Waals surface area (Å²) in [7, 11) is 1.71. The van der Waals surface area contributed by atoms with Crippen LogP contribution in [0.1, 0.15) is 33.1 Å². The summed E-state index contributed by atoms with van der Waals surface area (Å²) < 4.78 is 5.23. The SMILES string of the molecule is COC1CCC(=O)C(=C(C)C)C1. The monoisotopic (exact) mass is 168 g/mol. The van der Waals surface area contributed by atoms with Gasteiger partial charge in [0.25, 0.3) is 0 Å². The molecule has 0 aliphatic heterocycles. The Balaban J connectivity index is 2.73. The van der Waals surface area contributed by atoms with E-state index in [0.29, 0.717) is 12.2 Å². The van der Waals surface area contributed by atoms with E-state index in [1.165, 1.54) is 0 Å². The minimum Gasteiger partial charge on any atom is -0.381 e. The lowest BCUT2D eigenvalue weighted by Crippen LogP contribution is -2.23. The molecule has 1 unspecified atom stereocenters. The number of Topliss-reactive ketones (excluding diaryl/α,β-unsaturated/α-hetero) is 1. The molecule has 0 heterocycles. The highest BCUT2D eigenvalue weighted by Gasteiger charge is 2.23. The number of ketones is 1. The number of hydrogen-bond acceptors (Lipinski definition) is 2. The Hall–Kier alpha value is -0.630. The van der Waals surface area contributed by atoms with Crippen molar-refractivity contribution in [3.63, 3.8) is 0 Å². The normalized spacial score (nSPS) is 24.4.